The summed E-state index contributed by atoms with van der Waals surface area (Å²) in [7, 11) is 0. The number of phenols is 1. The van der Waals surface area contributed by atoms with E-state index in [9.17, 15) is 28.1 Å². The van der Waals surface area contributed by atoms with Crippen molar-refractivity contribution >= 4 is 11.5 Å². The second kappa shape index (κ2) is 4.40. The number of nitro groups is 1. The monoisotopic (exact) mass is 249 g/mol. The van der Waals surface area contributed by atoms with Gasteiger partial charge in [-0.2, -0.15) is 13.2 Å². The van der Waals surface area contributed by atoms with Crippen molar-refractivity contribution in [2.24, 2.45) is 0 Å². The van der Waals surface area contributed by atoms with Crippen LogP contribution in [-0.2, 0) is 11.2 Å². The van der Waals surface area contributed by atoms with E-state index in [0.29, 0.717) is 0 Å². The van der Waals surface area contributed by atoms with Gasteiger partial charge in [-0.05, 0) is 11.6 Å². The van der Waals surface area contributed by atoms with E-state index in [0.717, 1.165) is 18.2 Å². The molecule has 0 radical (unpaired) electrons. The molecule has 17 heavy (non-hydrogen) atoms. The lowest BCUT2D eigenvalue weighted by molar-refractivity contribution is -0.385. The van der Waals surface area contributed by atoms with E-state index in [1.807, 2.05) is 0 Å². The quantitative estimate of drug-likeness (QED) is 0.656. The normalized spacial score (nSPS) is 11.2. The van der Waals surface area contributed by atoms with E-state index in [-0.39, 0.29) is 5.56 Å². The van der Waals surface area contributed by atoms with E-state index in [2.05, 4.69) is 0 Å². The average molecular weight is 249 g/mol. The Bertz CT molecular complexity index is 470. The van der Waals surface area contributed by atoms with E-state index in [1.54, 1.807) is 0 Å². The zero-order valence-corrected chi connectivity index (χ0v) is 8.19. The van der Waals surface area contributed by atoms with Gasteiger partial charge in [0.2, 0.25) is 5.78 Å². The zero-order chi connectivity index (χ0) is 13.2. The van der Waals surface area contributed by atoms with Gasteiger partial charge in [-0.15, -0.1) is 0 Å². The third-order valence-electron chi connectivity index (χ3n) is 1.92. The molecule has 0 amide bonds. The number of carbonyl (C=O) groups excluding carboxylic acids is 1. The molecule has 1 aromatic rings. The molecule has 0 aromatic heterocycles. The molecule has 0 aliphatic carbocycles. The fraction of sp³-hybridized carbons (Fsp3) is 0.222. The summed E-state index contributed by atoms with van der Waals surface area (Å²) in [6.07, 6.45) is -5.97. The summed E-state index contributed by atoms with van der Waals surface area (Å²) in [4.78, 5) is 20.1. The van der Waals surface area contributed by atoms with Gasteiger partial charge in [-0.3, -0.25) is 14.9 Å². The molecule has 0 aliphatic rings. The number of nitrogens with zero attached hydrogens (tertiary/aromatic N) is 1. The number of nitro benzene ring substituents is 1. The van der Waals surface area contributed by atoms with Crippen molar-refractivity contribution in [1.29, 1.82) is 0 Å². The number of benzene rings is 1. The molecule has 0 bridgehead atoms. The Balaban J connectivity index is 2.98. The van der Waals surface area contributed by atoms with Gasteiger partial charge < -0.3 is 5.11 Å². The van der Waals surface area contributed by atoms with Gasteiger partial charge in [0.05, 0.1) is 4.92 Å². The Labute approximate surface area is 92.6 Å². The highest BCUT2D eigenvalue weighted by molar-refractivity contribution is 5.86. The molecule has 0 aliphatic heterocycles. The summed E-state index contributed by atoms with van der Waals surface area (Å²) < 4.78 is 35.8. The third kappa shape index (κ3) is 3.16. The predicted molar refractivity (Wildman–Crippen MR) is 49.5 cm³/mol. The van der Waals surface area contributed by atoms with Crippen LogP contribution in [0.1, 0.15) is 5.56 Å². The molecule has 92 valence electrons. The van der Waals surface area contributed by atoms with Crippen molar-refractivity contribution in [3.8, 4) is 5.75 Å². The van der Waals surface area contributed by atoms with Gasteiger partial charge in [-0.1, -0.05) is 6.07 Å². The molecule has 0 unspecified atom stereocenters. The number of halogens is 3. The van der Waals surface area contributed by atoms with Crippen molar-refractivity contribution < 1.29 is 28.0 Å². The van der Waals surface area contributed by atoms with E-state index in [4.69, 9.17) is 5.11 Å². The van der Waals surface area contributed by atoms with Crippen molar-refractivity contribution in [2.45, 2.75) is 12.6 Å². The standard InChI is InChI=1S/C9H6F3NO4/c10-9(11,12)8(15)4-5-1-2-7(14)6(3-5)13(16)17/h1-3,14H,4H2. The fourth-order valence-electron chi connectivity index (χ4n) is 1.11. The lowest BCUT2D eigenvalue weighted by atomic mass is 10.1. The maximum Gasteiger partial charge on any atom is 0.450 e. The average Bonchev–Trinajstić information content (AvgIpc) is 2.19. The molecule has 8 heteroatoms. The summed E-state index contributed by atoms with van der Waals surface area (Å²) in [5.41, 5.74) is -0.922. The highest BCUT2D eigenvalue weighted by Gasteiger charge is 2.37. The van der Waals surface area contributed by atoms with E-state index >= 15 is 0 Å². The molecule has 1 N–H and O–H groups in total. The largest absolute Gasteiger partial charge is 0.502 e. The third-order valence-corrected chi connectivity index (χ3v) is 1.92. The van der Waals surface area contributed by atoms with E-state index in [1.165, 1.54) is 0 Å². The molecule has 5 nitrogen and oxygen atoms in total. The van der Waals surface area contributed by atoms with Crippen LogP contribution in [0.3, 0.4) is 0 Å². The first-order chi connectivity index (χ1) is 7.71. The Morgan fingerprint density at radius 2 is 2.00 bits per heavy atom. The first-order valence-electron chi connectivity index (χ1n) is 4.28. The molecule has 0 saturated carbocycles. The fourth-order valence-corrected chi connectivity index (χ4v) is 1.11. The van der Waals surface area contributed by atoms with Crippen LogP contribution < -0.4 is 0 Å². The summed E-state index contributed by atoms with van der Waals surface area (Å²) in [6.45, 7) is 0. The number of Topliss-reactive ketones (excluding diaryl/α,β-unsaturated/α-hetero) is 1. The topological polar surface area (TPSA) is 80.4 Å². The predicted octanol–water partition coefficient (Wildman–Crippen LogP) is 1.97. The maximum absolute atomic E-state index is 11.9. The smallest absolute Gasteiger partial charge is 0.450 e. The number of ketones is 1. The van der Waals surface area contributed by atoms with Crippen molar-refractivity contribution in [1.82, 2.24) is 0 Å². The summed E-state index contributed by atoms with van der Waals surface area (Å²) >= 11 is 0. The lowest BCUT2D eigenvalue weighted by Gasteiger charge is -2.05. The van der Waals surface area contributed by atoms with Crippen molar-refractivity contribution in [3.63, 3.8) is 0 Å². The highest BCUT2D eigenvalue weighted by Crippen LogP contribution is 2.27. The molecular weight excluding hydrogens is 243 g/mol. The minimum absolute atomic E-state index is 0.183. The number of hydrogen-bond acceptors (Lipinski definition) is 4. The first kappa shape index (κ1) is 12.9. The number of phenolic OH excluding ortho intramolecular Hbond substituents is 1. The summed E-state index contributed by atoms with van der Waals surface area (Å²) in [6, 6.07) is 2.63. The Hall–Kier alpha value is -2.12. The molecule has 1 aromatic carbocycles. The number of aromatic hydroxyl groups is 1. The van der Waals surface area contributed by atoms with Crippen molar-refractivity contribution in [3.05, 3.63) is 33.9 Å². The van der Waals surface area contributed by atoms with Gasteiger partial charge in [0.25, 0.3) is 0 Å². The lowest BCUT2D eigenvalue weighted by Crippen LogP contribution is -2.24. The Kier molecular flexibility index (Phi) is 3.35. The van der Waals surface area contributed by atoms with Crippen LogP contribution in [0.25, 0.3) is 0 Å². The Morgan fingerprint density at radius 3 is 2.47 bits per heavy atom. The van der Waals surface area contributed by atoms with Gasteiger partial charge >= 0.3 is 11.9 Å². The molecule has 1 rings (SSSR count). The van der Waals surface area contributed by atoms with Crippen LogP contribution in [0.15, 0.2) is 18.2 Å². The minimum atomic E-state index is -4.98. The SMILES string of the molecule is O=C(Cc1ccc(O)c([N+](=O)[O-])c1)C(F)(F)F. The van der Waals surface area contributed by atoms with Gasteiger partial charge in [0.1, 0.15) is 0 Å². The molecule has 0 atom stereocenters. The van der Waals surface area contributed by atoms with Crippen LogP contribution in [0, 0.1) is 10.1 Å². The van der Waals surface area contributed by atoms with Crippen LogP contribution in [0.5, 0.6) is 5.75 Å². The van der Waals surface area contributed by atoms with E-state index < -0.39 is 34.7 Å². The van der Waals surface area contributed by atoms with Crippen LogP contribution in [0.2, 0.25) is 0 Å². The van der Waals surface area contributed by atoms with Crippen LogP contribution >= 0.6 is 0 Å². The molecule has 0 heterocycles. The number of rotatable bonds is 3. The summed E-state index contributed by atoms with van der Waals surface area (Å²) in [5, 5.41) is 19.4. The second-order valence-electron chi connectivity index (χ2n) is 3.18. The van der Waals surface area contributed by atoms with Gasteiger partial charge in [0, 0.05) is 12.5 Å². The van der Waals surface area contributed by atoms with Gasteiger partial charge in [-0.25, -0.2) is 0 Å². The highest BCUT2D eigenvalue weighted by atomic mass is 19.4. The molecule has 0 saturated heterocycles. The maximum atomic E-state index is 11.9. The Morgan fingerprint density at radius 1 is 1.41 bits per heavy atom. The second-order valence-corrected chi connectivity index (χ2v) is 3.18. The van der Waals surface area contributed by atoms with Crippen molar-refractivity contribution in [2.75, 3.05) is 0 Å². The molecular formula is C9H6F3NO4. The summed E-state index contributed by atoms with van der Waals surface area (Å²) in [5.74, 6) is -2.67. The number of hydrogen-bond donors (Lipinski definition) is 1. The first-order valence-corrected chi connectivity index (χ1v) is 4.28. The van der Waals surface area contributed by atoms with Crippen LogP contribution in [0.4, 0.5) is 18.9 Å². The number of carbonyl (C=O) groups is 1. The van der Waals surface area contributed by atoms with Crippen LogP contribution in [-0.4, -0.2) is 22.0 Å². The number of alkyl halides is 3. The molecule has 0 fully saturated rings. The minimum Gasteiger partial charge on any atom is -0.502 e. The zero-order valence-electron chi connectivity index (χ0n) is 8.19. The molecule has 0 spiro atoms. The van der Waals surface area contributed by atoms with Gasteiger partial charge in [0.15, 0.2) is 5.75 Å².